The van der Waals surface area contributed by atoms with Crippen LogP contribution in [0.5, 0.6) is 5.75 Å². The summed E-state index contributed by atoms with van der Waals surface area (Å²) < 4.78 is 42.4. The fourth-order valence-electron chi connectivity index (χ4n) is 1.81. The third kappa shape index (κ3) is 5.52. The van der Waals surface area contributed by atoms with Gasteiger partial charge < -0.3 is 14.9 Å². The van der Waals surface area contributed by atoms with Gasteiger partial charge in [0.2, 0.25) is 6.10 Å². The minimum atomic E-state index is -2.97. The SMILES string of the molecule is C[C@@H](O/N=C\c1ccccc1OC(F)F)C(=O)Nc1ccccc1F. The Labute approximate surface area is 142 Å². The number of amides is 1. The molecule has 1 atom stereocenters. The van der Waals surface area contributed by atoms with Crippen molar-refractivity contribution in [1.29, 1.82) is 0 Å². The van der Waals surface area contributed by atoms with Gasteiger partial charge in [-0.1, -0.05) is 29.4 Å². The molecule has 0 aliphatic carbocycles. The second kappa shape index (κ2) is 8.72. The van der Waals surface area contributed by atoms with E-state index in [1.54, 1.807) is 12.1 Å². The number of benzene rings is 2. The largest absolute Gasteiger partial charge is 0.434 e. The molecule has 2 rings (SSSR count). The quantitative estimate of drug-likeness (QED) is 0.609. The van der Waals surface area contributed by atoms with Gasteiger partial charge in [-0.05, 0) is 31.2 Å². The zero-order chi connectivity index (χ0) is 18.2. The molecule has 0 aromatic heterocycles. The Bertz CT molecular complexity index is 753. The average Bonchev–Trinajstić information content (AvgIpc) is 2.57. The van der Waals surface area contributed by atoms with Gasteiger partial charge in [-0.15, -0.1) is 0 Å². The summed E-state index contributed by atoms with van der Waals surface area (Å²) in [5.74, 6) is -1.27. The third-order valence-corrected chi connectivity index (χ3v) is 3.05. The molecule has 2 aromatic carbocycles. The van der Waals surface area contributed by atoms with E-state index in [4.69, 9.17) is 4.84 Å². The first-order valence-electron chi connectivity index (χ1n) is 7.26. The van der Waals surface area contributed by atoms with Gasteiger partial charge in [0.05, 0.1) is 11.9 Å². The van der Waals surface area contributed by atoms with Crippen LogP contribution >= 0.6 is 0 Å². The van der Waals surface area contributed by atoms with Crippen molar-refractivity contribution < 1.29 is 27.5 Å². The van der Waals surface area contributed by atoms with Gasteiger partial charge in [0, 0.05) is 5.56 Å². The number of hydrogen-bond acceptors (Lipinski definition) is 4. The second-order valence-corrected chi connectivity index (χ2v) is 4.87. The predicted molar refractivity (Wildman–Crippen MR) is 86.2 cm³/mol. The zero-order valence-electron chi connectivity index (χ0n) is 13.2. The normalized spacial score (nSPS) is 12.2. The van der Waals surface area contributed by atoms with Crippen LogP contribution in [-0.4, -0.2) is 24.8 Å². The molecule has 5 nitrogen and oxygen atoms in total. The molecular formula is C17H15F3N2O3. The molecule has 0 saturated carbocycles. The average molecular weight is 352 g/mol. The van der Waals surface area contributed by atoms with E-state index in [0.29, 0.717) is 0 Å². The number of ether oxygens (including phenoxy) is 1. The Morgan fingerprint density at radius 2 is 1.84 bits per heavy atom. The molecule has 1 N–H and O–H groups in total. The highest BCUT2D eigenvalue weighted by molar-refractivity contribution is 5.94. The third-order valence-electron chi connectivity index (χ3n) is 3.05. The van der Waals surface area contributed by atoms with E-state index in [-0.39, 0.29) is 17.0 Å². The molecule has 0 aliphatic heterocycles. The fourth-order valence-corrected chi connectivity index (χ4v) is 1.81. The summed E-state index contributed by atoms with van der Waals surface area (Å²) in [6.45, 7) is -1.56. The van der Waals surface area contributed by atoms with Crippen LogP contribution < -0.4 is 10.1 Å². The first-order valence-corrected chi connectivity index (χ1v) is 7.26. The van der Waals surface area contributed by atoms with Crippen LogP contribution in [0.1, 0.15) is 12.5 Å². The number of nitrogens with zero attached hydrogens (tertiary/aromatic N) is 1. The lowest BCUT2D eigenvalue weighted by atomic mass is 10.2. The molecule has 0 saturated heterocycles. The molecule has 0 unspecified atom stereocenters. The van der Waals surface area contributed by atoms with Gasteiger partial charge in [0.1, 0.15) is 11.6 Å². The molecule has 0 spiro atoms. The number of halogens is 3. The molecule has 0 bridgehead atoms. The monoisotopic (exact) mass is 352 g/mol. The van der Waals surface area contributed by atoms with Crippen molar-refractivity contribution in [1.82, 2.24) is 0 Å². The Hall–Kier alpha value is -3.03. The summed E-state index contributed by atoms with van der Waals surface area (Å²) in [4.78, 5) is 16.9. The molecule has 8 heteroatoms. The smallest absolute Gasteiger partial charge is 0.387 e. The number of hydrogen-bond donors (Lipinski definition) is 1. The molecule has 0 aliphatic rings. The van der Waals surface area contributed by atoms with E-state index in [9.17, 15) is 18.0 Å². The van der Waals surface area contributed by atoms with Crippen LogP contribution in [0.2, 0.25) is 0 Å². The standard InChI is InChI=1S/C17H15F3N2O3/c1-11(16(23)22-14-8-4-3-7-13(14)18)25-21-10-12-6-2-5-9-15(12)24-17(19)20/h2-11,17H,1H3,(H,22,23)/b21-10-/t11-/m1/s1. The van der Waals surface area contributed by atoms with Gasteiger partial charge in [-0.25, -0.2) is 4.39 Å². The molecule has 1 amide bonds. The summed E-state index contributed by atoms with van der Waals surface area (Å²) in [5, 5.41) is 5.95. The van der Waals surface area contributed by atoms with Crippen molar-refractivity contribution in [3.05, 3.63) is 59.9 Å². The van der Waals surface area contributed by atoms with Crippen LogP contribution in [-0.2, 0) is 9.63 Å². The number of nitrogens with one attached hydrogen (secondary N) is 1. The summed E-state index contributed by atoms with van der Waals surface area (Å²) >= 11 is 0. The summed E-state index contributed by atoms with van der Waals surface area (Å²) in [6.07, 6.45) is 0.115. The van der Waals surface area contributed by atoms with Crippen LogP contribution in [0.4, 0.5) is 18.9 Å². The first-order chi connectivity index (χ1) is 12.0. The van der Waals surface area contributed by atoms with E-state index < -0.39 is 24.4 Å². The topological polar surface area (TPSA) is 59.9 Å². The predicted octanol–water partition coefficient (Wildman–Crippen LogP) is 3.80. The maximum Gasteiger partial charge on any atom is 0.387 e. The number of oxime groups is 1. The fraction of sp³-hybridized carbons (Fsp3) is 0.176. The Balaban J connectivity index is 1.95. The summed E-state index contributed by atoms with van der Waals surface area (Å²) in [5.41, 5.74) is 0.270. The first kappa shape index (κ1) is 18.3. The van der Waals surface area contributed by atoms with E-state index in [1.165, 1.54) is 43.3 Å². The maximum absolute atomic E-state index is 13.5. The van der Waals surface area contributed by atoms with Crippen molar-refractivity contribution in [2.45, 2.75) is 19.6 Å². The highest BCUT2D eigenvalue weighted by Crippen LogP contribution is 2.18. The highest BCUT2D eigenvalue weighted by Gasteiger charge is 2.16. The van der Waals surface area contributed by atoms with Gasteiger partial charge in [-0.2, -0.15) is 8.78 Å². The minimum Gasteiger partial charge on any atom is -0.434 e. The van der Waals surface area contributed by atoms with Gasteiger partial charge in [-0.3, -0.25) is 4.79 Å². The zero-order valence-corrected chi connectivity index (χ0v) is 13.2. The lowest BCUT2D eigenvalue weighted by Gasteiger charge is -2.11. The summed E-state index contributed by atoms with van der Waals surface area (Å²) in [6, 6.07) is 11.7. The number of para-hydroxylation sites is 2. The number of rotatable bonds is 7. The number of alkyl halides is 2. The van der Waals surface area contributed by atoms with Crippen LogP contribution in [0.3, 0.4) is 0 Å². The van der Waals surface area contributed by atoms with Crippen molar-refractivity contribution in [2.75, 3.05) is 5.32 Å². The maximum atomic E-state index is 13.5. The Morgan fingerprint density at radius 3 is 2.56 bits per heavy atom. The molecule has 2 aromatic rings. The van der Waals surface area contributed by atoms with Gasteiger partial charge in [0.25, 0.3) is 5.91 Å². The molecule has 0 radical (unpaired) electrons. The van der Waals surface area contributed by atoms with Crippen LogP contribution in [0, 0.1) is 5.82 Å². The minimum absolute atomic E-state index is 0.0163. The molecule has 132 valence electrons. The summed E-state index contributed by atoms with van der Waals surface area (Å²) in [7, 11) is 0. The van der Waals surface area contributed by atoms with E-state index in [2.05, 4.69) is 15.2 Å². The molecule has 25 heavy (non-hydrogen) atoms. The Morgan fingerprint density at radius 1 is 1.16 bits per heavy atom. The molecule has 0 fully saturated rings. The van der Waals surface area contributed by atoms with Crippen LogP contribution in [0.25, 0.3) is 0 Å². The van der Waals surface area contributed by atoms with Crippen molar-refractivity contribution >= 4 is 17.8 Å². The van der Waals surface area contributed by atoms with Crippen molar-refractivity contribution in [2.24, 2.45) is 5.16 Å². The highest BCUT2D eigenvalue weighted by atomic mass is 19.3. The number of carbonyl (C=O) groups excluding carboxylic acids is 1. The van der Waals surface area contributed by atoms with Crippen molar-refractivity contribution in [3.8, 4) is 5.75 Å². The van der Waals surface area contributed by atoms with Crippen molar-refractivity contribution in [3.63, 3.8) is 0 Å². The van der Waals surface area contributed by atoms with Crippen LogP contribution in [0.15, 0.2) is 53.7 Å². The van der Waals surface area contributed by atoms with E-state index in [0.717, 1.165) is 6.21 Å². The lowest BCUT2D eigenvalue weighted by Crippen LogP contribution is -2.26. The Kier molecular flexibility index (Phi) is 6.39. The number of carbonyl (C=O) groups is 1. The molecular weight excluding hydrogens is 337 g/mol. The van der Waals surface area contributed by atoms with Gasteiger partial charge in [0.15, 0.2) is 0 Å². The molecule has 0 heterocycles. The van der Waals surface area contributed by atoms with E-state index >= 15 is 0 Å². The second-order valence-electron chi connectivity index (χ2n) is 4.87. The van der Waals surface area contributed by atoms with E-state index in [1.807, 2.05) is 0 Å². The number of anilines is 1. The van der Waals surface area contributed by atoms with Gasteiger partial charge >= 0.3 is 6.61 Å². The lowest BCUT2D eigenvalue weighted by molar-refractivity contribution is -0.126.